The maximum absolute atomic E-state index is 13.2. The minimum atomic E-state index is -0.789. The molecule has 1 heterocycles. The Labute approximate surface area is 190 Å². The van der Waals surface area contributed by atoms with E-state index in [9.17, 15) is 14.9 Å². The third-order valence-corrected chi connectivity index (χ3v) is 5.93. The molecular weight excluding hydrogens is 428 g/mol. The monoisotopic (exact) mass is 448 g/mol. The number of nitrogens with zero attached hydrogens (tertiary/aromatic N) is 1. The molecule has 0 amide bonds. The molecule has 7 heteroatoms. The lowest BCUT2D eigenvalue weighted by Crippen LogP contribution is -2.33. The van der Waals surface area contributed by atoms with E-state index in [0.29, 0.717) is 29.7 Å². The lowest BCUT2D eigenvalue weighted by atomic mass is 9.70. The summed E-state index contributed by atoms with van der Waals surface area (Å²) in [6.07, 6.45) is 0.817. The fraction of sp³-hybridized carbons (Fsp3) is 0.240. The smallest absolute Gasteiger partial charge is 0.345 e. The highest BCUT2D eigenvalue weighted by atomic mass is 35.5. The second-order valence-electron chi connectivity index (χ2n) is 8.61. The number of para-hydroxylation sites is 1. The maximum atomic E-state index is 13.2. The van der Waals surface area contributed by atoms with Crippen molar-refractivity contribution in [2.24, 2.45) is 11.1 Å². The Kier molecular flexibility index (Phi) is 5.53. The third-order valence-electron chi connectivity index (χ3n) is 5.60. The number of esters is 1. The van der Waals surface area contributed by atoms with Crippen LogP contribution in [0.2, 0.25) is 5.02 Å². The summed E-state index contributed by atoms with van der Waals surface area (Å²) in [5.74, 6) is -0.921. The number of benzene rings is 2. The molecule has 0 aromatic heterocycles. The van der Waals surface area contributed by atoms with Crippen molar-refractivity contribution in [2.75, 3.05) is 0 Å². The van der Waals surface area contributed by atoms with E-state index in [4.69, 9.17) is 26.8 Å². The van der Waals surface area contributed by atoms with Crippen LogP contribution in [0, 0.1) is 16.7 Å². The van der Waals surface area contributed by atoms with Crippen LogP contribution in [-0.2, 0) is 9.53 Å². The molecule has 4 rings (SSSR count). The van der Waals surface area contributed by atoms with Crippen molar-refractivity contribution in [3.63, 3.8) is 0 Å². The van der Waals surface area contributed by atoms with E-state index in [1.165, 1.54) is 0 Å². The molecule has 0 saturated heterocycles. The first-order valence-electron chi connectivity index (χ1n) is 10.1. The molecule has 32 heavy (non-hydrogen) atoms. The summed E-state index contributed by atoms with van der Waals surface area (Å²) in [6, 6.07) is 15.4. The number of hydrogen-bond acceptors (Lipinski definition) is 6. The third kappa shape index (κ3) is 3.88. The number of rotatable bonds is 3. The van der Waals surface area contributed by atoms with Gasteiger partial charge in [0.15, 0.2) is 5.78 Å². The fourth-order valence-corrected chi connectivity index (χ4v) is 4.40. The quantitative estimate of drug-likeness (QED) is 0.523. The highest BCUT2D eigenvalue weighted by Gasteiger charge is 2.43. The van der Waals surface area contributed by atoms with Crippen molar-refractivity contribution in [2.45, 2.75) is 32.6 Å². The van der Waals surface area contributed by atoms with Gasteiger partial charge in [0.25, 0.3) is 0 Å². The minimum absolute atomic E-state index is 0.0472. The predicted molar refractivity (Wildman–Crippen MR) is 119 cm³/mol. The van der Waals surface area contributed by atoms with Gasteiger partial charge in [-0.15, -0.1) is 0 Å². The zero-order valence-electron chi connectivity index (χ0n) is 17.6. The first-order chi connectivity index (χ1) is 15.2. The van der Waals surface area contributed by atoms with Gasteiger partial charge in [-0.1, -0.05) is 55.8 Å². The summed E-state index contributed by atoms with van der Waals surface area (Å²) in [4.78, 5) is 26.0. The van der Waals surface area contributed by atoms with Crippen LogP contribution in [0.1, 0.15) is 48.5 Å². The van der Waals surface area contributed by atoms with Crippen LogP contribution in [0.5, 0.6) is 5.75 Å². The van der Waals surface area contributed by atoms with Gasteiger partial charge < -0.3 is 15.2 Å². The van der Waals surface area contributed by atoms with E-state index < -0.39 is 11.9 Å². The molecular formula is C25H21ClN2O4. The number of Topliss-reactive ketones (excluding diaryl/α,β-unsaturated/α-hetero) is 1. The minimum Gasteiger partial charge on any atom is -0.444 e. The van der Waals surface area contributed by atoms with Gasteiger partial charge in [0.1, 0.15) is 23.2 Å². The van der Waals surface area contributed by atoms with Crippen LogP contribution in [0.4, 0.5) is 0 Å². The van der Waals surface area contributed by atoms with Crippen LogP contribution in [0.3, 0.4) is 0 Å². The van der Waals surface area contributed by atoms with E-state index >= 15 is 0 Å². The van der Waals surface area contributed by atoms with Crippen molar-refractivity contribution >= 4 is 23.4 Å². The summed E-state index contributed by atoms with van der Waals surface area (Å²) in [6.45, 7) is 3.96. The topological polar surface area (TPSA) is 102 Å². The predicted octanol–water partition coefficient (Wildman–Crippen LogP) is 5.01. The average molecular weight is 449 g/mol. The van der Waals surface area contributed by atoms with E-state index in [1.807, 2.05) is 13.8 Å². The maximum Gasteiger partial charge on any atom is 0.345 e. The molecule has 2 aliphatic rings. The second kappa shape index (κ2) is 8.18. The van der Waals surface area contributed by atoms with E-state index in [2.05, 4.69) is 6.07 Å². The van der Waals surface area contributed by atoms with Crippen LogP contribution in [0.15, 0.2) is 71.3 Å². The van der Waals surface area contributed by atoms with Gasteiger partial charge in [0, 0.05) is 24.0 Å². The molecule has 2 aromatic rings. The summed E-state index contributed by atoms with van der Waals surface area (Å²) in [7, 11) is 0. The zero-order chi connectivity index (χ0) is 23.0. The molecule has 162 valence electrons. The molecule has 1 atom stereocenters. The molecule has 0 radical (unpaired) electrons. The van der Waals surface area contributed by atoms with E-state index in [0.717, 1.165) is 0 Å². The van der Waals surface area contributed by atoms with Crippen LogP contribution in [-0.4, -0.2) is 11.8 Å². The first kappa shape index (κ1) is 21.7. The number of ketones is 1. The van der Waals surface area contributed by atoms with Crippen molar-refractivity contribution < 1.29 is 19.1 Å². The molecule has 0 fully saturated rings. The highest BCUT2D eigenvalue weighted by Crippen LogP contribution is 2.49. The lowest BCUT2D eigenvalue weighted by Gasteiger charge is -2.37. The number of nitriles is 1. The number of nitrogens with two attached hydrogens (primary N) is 1. The summed E-state index contributed by atoms with van der Waals surface area (Å²) in [5.41, 5.74) is 6.98. The Morgan fingerprint density at radius 3 is 2.59 bits per heavy atom. The molecule has 2 N–H and O–H groups in total. The Balaban J connectivity index is 1.81. The van der Waals surface area contributed by atoms with Crippen LogP contribution in [0.25, 0.3) is 0 Å². The zero-order valence-corrected chi connectivity index (χ0v) is 18.4. The molecule has 2 aromatic carbocycles. The number of carbonyl (C=O) groups excluding carboxylic acids is 2. The molecule has 0 saturated carbocycles. The largest absolute Gasteiger partial charge is 0.444 e. The number of hydrogen-bond donors (Lipinski definition) is 1. The van der Waals surface area contributed by atoms with Gasteiger partial charge >= 0.3 is 5.97 Å². The second-order valence-corrected chi connectivity index (χ2v) is 9.02. The Morgan fingerprint density at radius 2 is 1.88 bits per heavy atom. The summed E-state index contributed by atoms with van der Waals surface area (Å²) < 4.78 is 11.4. The summed E-state index contributed by atoms with van der Waals surface area (Å²) >= 11 is 6.14. The Bertz CT molecular complexity index is 1240. The molecule has 0 unspecified atom stereocenters. The average Bonchev–Trinajstić information content (AvgIpc) is 2.72. The number of halogens is 1. The molecule has 1 aliphatic carbocycles. The van der Waals surface area contributed by atoms with Gasteiger partial charge in [0.05, 0.1) is 16.5 Å². The highest BCUT2D eigenvalue weighted by molar-refractivity contribution is 6.33. The SMILES string of the molecule is CC1(C)CC(=O)C2=C(C1)OC(N)=C(C#N)[C@@H]2c1ccccc1OC(=O)c1ccccc1Cl. The van der Waals surface area contributed by atoms with Gasteiger partial charge in [-0.25, -0.2) is 4.79 Å². The Hall–Kier alpha value is -3.56. The molecule has 0 spiro atoms. The number of allylic oxidation sites excluding steroid dienone is 3. The lowest BCUT2D eigenvalue weighted by molar-refractivity contribution is -0.119. The standard InChI is InChI=1S/C25H21ClN2O4/c1-25(2)11-18(29)22-20(12-25)31-23(28)16(13-27)21(22)15-8-4-6-10-19(15)32-24(30)14-7-3-5-9-17(14)26/h3-10,21H,11-12,28H2,1-2H3/t21-/m0/s1. The molecule has 1 aliphatic heterocycles. The van der Waals surface area contributed by atoms with E-state index in [-0.39, 0.29) is 39.0 Å². The molecule has 0 bridgehead atoms. The van der Waals surface area contributed by atoms with E-state index in [1.54, 1.807) is 48.5 Å². The first-order valence-corrected chi connectivity index (χ1v) is 10.5. The van der Waals surface area contributed by atoms with Gasteiger partial charge in [0.2, 0.25) is 5.88 Å². The van der Waals surface area contributed by atoms with Crippen LogP contribution < -0.4 is 10.5 Å². The van der Waals surface area contributed by atoms with Crippen molar-refractivity contribution in [3.8, 4) is 11.8 Å². The number of carbonyl (C=O) groups is 2. The van der Waals surface area contributed by atoms with Gasteiger partial charge in [-0.3, -0.25) is 4.79 Å². The molecule has 6 nitrogen and oxygen atoms in total. The Morgan fingerprint density at radius 1 is 1.19 bits per heavy atom. The van der Waals surface area contributed by atoms with Crippen LogP contribution >= 0.6 is 11.6 Å². The van der Waals surface area contributed by atoms with Crippen molar-refractivity contribution in [1.29, 1.82) is 5.26 Å². The van der Waals surface area contributed by atoms with Gasteiger partial charge in [-0.2, -0.15) is 5.26 Å². The fourth-order valence-electron chi connectivity index (χ4n) is 4.19. The number of ether oxygens (including phenoxy) is 2. The summed E-state index contributed by atoms with van der Waals surface area (Å²) in [5, 5.41) is 10.1. The van der Waals surface area contributed by atoms with Gasteiger partial charge in [-0.05, 0) is 23.6 Å². The van der Waals surface area contributed by atoms with Crippen molar-refractivity contribution in [1.82, 2.24) is 0 Å². The van der Waals surface area contributed by atoms with Crippen molar-refractivity contribution in [3.05, 3.63) is 87.5 Å². The normalized spacial score (nSPS) is 19.7.